The Labute approximate surface area is 97.9 Å². The third-order valence-electron chi connectivity index (χ3n) is 4.48. The lowest BCUT2D eigenvalue weighted by atomic mass is 9.86. The van der Waals surface area contributed by atoms with Crippen LogP contribution in [0.1, 0.15) is 38.5 Å². The van der Waals surface area contributed by atoms with E-state index in [-0.39, 0.29) is 5.60 Å². The van der Waals surface area contributed by atoms with E-state index in [2.05, 4.69) is 5.32 Å². The van der Waals surface area contributed by atoms with E-state index in [0.29, 0.717) is 6.10 Å². The minimum atomic E-state index is 0.162. The fourth-order valence-electron chi connectivity index (χ4n) is 3.07. The molecule has 0 aromatic heterocycles. The highest BCUT2D eigenvalue weighted by atomic mass is 16.6. The average Bonchev–Trinajstić information content (AvgIpc) is 2.61. The van der Waals surface area contributed by atoms with Crippen molar-refractivity contribution in [1.82, 2.24) is 5.32 Å². The molecule has 1 aliphatic carbocycles. The van der Waals surface area contributed by atoms with Gasteiger partial charge in [0.15, 0.2) is 0 Å². The summed E-state index contributed by atoms with van der Waals surface area (Å²) in [4.78, 5) is 0. The summed E-state index contributed by atoms with van der Waals surface area (Å²) < 4.78 is 12.0. The van der Waals surface area contributed by atoms with Crippen LogP contribution in [0.4, 0.5) is 0 Å². The van der Waals surface area contributed by atoms with Gasteiger partial charge >= 0.3 is 0 Å². The molecule has 3 fully saturated rings. The summed E-state index contributed by atoms with van der Waals surface area (Å²) in [6, 6.07) is 0. The SMILES string of the molecule is C1CC(COC2COC3(CCNCC3)C2)C1. The molecule has 1 N–H and O–H groups in total. The molecule has 16 heavy (non-hydrogen) atoms. The van der Waals surface area contributed by atoms with Gasteiger partial charge in [-0.2, -0.15) is 0 Å². The van der Waals surface area contributed by atoms with Crippen LogP contribution in [0.15, 0.2) is 0 Å². The van der Waals surface area contributed by atoms with Crippen LogP contribution in [0.5, 0.6) is 0 Å². The van der Waals surface area contributed by atoms with Gasteiger partial charge in [-0.05, 0) is 44.7 Å². The van der Waals surface area contributed by atoms with E-state index in [1.807, 2.05) is 0 Å². The minimum absolute atomic E-state index is 0.162. The van der Waals surface area contributed by atoms with Crippen molar-refractivity contribution in [2.45, 2.75) is 50.2 Å². The first-order valence-corrected chi connectivity index (χ1v) is 6.83. The van der Waals surface area contributed by atoms with Crippen molar-refractivity contribution < 1.29 is 9.47 Å². The Bertz CT molecular complexity index is 234. The Morgan fingerprint density at radius 3 is 2.75 bits per heavy atom. The topological polar surface area (TPSA) is 30.5 Å². The summed E-state index contributed by atoms with van der Waals surface area (Å²) in [5.41, 5.74) is 0.162. The van der Waals surface area contributed by atoms with E-state index in [1.54, 1.807) is 0 Å². The first-order chi connectivity index (χ1) is 7.86. The van der Waals surface area contributed by atoms with E-state index < -0.39 is 0 Å². The van der Waals surface area contributed by atoms with E-state index in [9.17, 15) is 0 Å². The number of piperidine rings is 1. The molecule has 2 saturated heterocycles. The van der Waals surface area contributed by atoms with Crippen molar-refractivity contribution in [2.24, 2.45) is 5.92 Å². The first kappa shape index (κ1) is 11.0. The zero-order valence-corrected chi connectivity index (χ0v) is 10.0. The summed E-state index contributed by atoms with van der Waals surface area (Å²) in [5.74, 6) is 0.851. The third-order valence-corrected chi connectivity index (χ3v) is 4.48. The second kappa shape index (κ2) is 4.63. The van der Waals surface area contributed by atoms with E-state index in [0.717, 1.165) is 51.5 Å². The lowest BCUT2D eigenvalue weighted by Crippen LogP contribution is -2.41. The van der Waals surface area contributed by atoms with Crippen molar-refractivity contribution >= 4 is 0 Å². The van der Waals surface area contributed by atoms with Crippen LogP contribution >= 0.6 is 0 Å². The smallest absolute Gasteiger partial charge is 0.0836 e. The maximum atomic E-state index is 6.01. The molecule has 1 saturated carbocycles. The second-order valence-corrected chi connectivity index (χ2v) is 5.70. The predicted molar refractivity (Wildman–Crippen MR) is 62.5 cm³/mol. The summed E-state index contributed by atoms with van der Waals surface area (Å²) in [6.45, 7) is 4.01. The van der Waals surface area contributed by atoms with Gasteiger partial charge in [0, 0.05) is 13.0 Å². The van der Waals surface area contributed by atoms with Crippen LogP contribution in [0.25, 0.3) is 0 Å². The lowest BCUT2D eigenvalue weighted by Gasteiger charge is -2.33. The molecule has 92 valence electrons. The van der Waals surface area contributed by atoms with Crippen LogP contribution in [0.3, 0.4) is 0 Å². The average molecular weight is 225 g/mol. The molecule has 1 spiro atoms. The van der Waals surface area contributed by atoms with Crippen LogP contribution in [0, 0.1) is 5.92 Å². The maximum absolute atomic E-state index is 6.01. The second-order valence-electron chi connectivity index (χ2n) is 5.70. The molecule has 0 radical (unpaired) electrons. The van der Waals surface area contributed by atoms with Gasteiger partial charge in [-0.3, -0.25) is 0 Å². The van der Waals surface area contributed by atoms with Gasteiger partial charge in [0.1, 0.15) is 0 Å². The van der Waals surface area contributed by atoms with Crippen LogP contribution in [0.2, 0.25) is 0 Å². The van der Waals surface area contributed by atoms with Crippen molar-refractivity contribution in [3.05, 3.63) is 0 Å². The minimum Gasteiger partial charge on any atom is -0.375 e. The molecule has 3 heteroatoms. The van der Waals surface area contributed by atoms with Crippen LogP contribution in [-0.4, -0.2) is 38.0 Å². The molecule has 0 aromatic rings. The Kier molecular flexibility index (Phi) is 3.18. The number of rotatable bonds is 3. The highest BCUT2D eigenvalue weighted by molar-refractivity contribution is 4.93. The monoisotopic (exact) mass is 225 g/mol. The molecular formula is C13H23NO2. The molecule has 0 bridgehead atoms. The summed E-state index contributed by atoms with van der Waals surface area (Å²) in [5, 5.41) is 3.40. The highest BCUT2D eigenvalue weighted by Gasteiger charge is 2.41. The Balaban J connectivity index is 1.44. The highest BCUT2D eigenvalue weighted by Crippen LogP contribution is 2.36. The van der Waals surface area contributed by atoms with Crippen molar-refractivity contribution in [3.8, 4) is 0 Å². The Morgan fingerprint density at radius 1 is 1.25 bits per heavy atom. The Hall–Kier alpha value is -0.120. The van der Waals surface area contributed by atoms with Gasteiger partial charge in [-0.1, -0.05) is 6.42 Å². The molecular weight excluding hydrogens is 202 g/mol. The number of hydrogen-bond donors (Lipinski definition) is 1. The van der Waals surface area contributed by atoms with Gasteiger partial charge in [0.2, 0.25) is 0 Å². The van der Waals surface area contributed by atoms with Gasteiger partial charge in [-0.15, -0.1) is 0 Å². The zero-order chi connectivity index (χ0) is 10.8. The molecule has 1 atom stereocenters. The number of hydrogen-bond acceptors (Lipinski definition) is 3. The van der Waals surface area contributed by atoms with Gasteiger partial charge < -0.3 is 14.8 Å². The molecule has 3 rings (SSSR count). The first-order valence-electron chi connectivity index (χ1n) is 6.83. The van der Waals surface area contributed by atoms with Crippen LogP contribution in [-0.2, 0) is 9.47 Å². The normalized spacial score (nSPS) is 34.1. The molecule has 0 amide bonds. The van der Waals surface area contributed by atoms with Crippen molar-refractivity contribution in [3.63, 3.8) is 0 Å². The van der Waals surface area contributed by atoms with E-state index in [4.69, 9.17) is 9.47 Å². The van der Waals surface area contributed by atoms with Crippen molar-refractivity contribution in [2.75, 3.05) is 26.3 Å². The largest absolute Gasteiger partial charge is 0.375 e. The Morgan fingerprint density at radius 2 is 2.06 bits per heavy atom. The lowest BCUT2D eigenvalue weighted by molar-refractivity contribution is -0.0263. The summed E-state index contributed by atoms with van der Waals surface area (Å²) in [6.07, 6.45) is 7.99. The number of ether oxygens (including phenoxy) is 2. The molecule has 2 aliphatic heterocycles. The van der Waals surface area contributed by atoms with Crippen molar-refractivity contribution in [1.29, 1.82) is 0 Å². The maximum Gasteiger partial charge on any atom is 0.0836 e. The number of nitrogens with one attached hydrogen (secondary N) is 1. The molecule has 0 aromatic carbocycles. The van der Waals surface area contributed by atoms with Crippen LogP contribution < -0.4 is 5.32 Å². The molecule has 3 nitrogen and oxygen atoms in total. The summed E-state index contributed by atoms with van der Waals surface area (Å²) >= 11 is 0. The fourth-order valence-corrected chi connectivity index (χ4v) is 3.07. The standard InChI is InChI=1S/C13H23NO2/c1-2-11(3-1)9-15-12-8-13(16-10-12)4-6-14-7-5-13/h11-12,14H,1-10H2. The predicted octanol–water partition coefficient (Wildman–Crippen LogP) is 1.71. The zero-order valence-electron chi connectivity index (χ0n) is 10.0. The van der Waals surface area contributed by atoms with E-state index in [1.165, 1.54) is 19.3 Å². The summed E-state index contributed by atoms with van der Waals surface area (Å²) in [7, 11) is 0. The molecule has 3 aliphatic rings. The quantitative estimate of drug-likeness (QED) is 0.793. The van der Waals surface area contributed by atoms with Gasteiger partial charge in [0.25, 0.3) is 0 Å². The molecule has 2 heterocycles. The van der Waals surface area contributed by atoms with Gasteiger partial charge in [0.05, 0.1) is 18.3 Å². The van der Waals surface area contributed by atoms with E-state index >= 15 is 0 Å². The third kappa shape index (κ3) is 2.27. The fraction of sp³-hybridized carbons (Fsp3) is 1.00. The van der Waals surface area contributed by atoms with Gasteiger partial charge in [-0.25, -0.2) is 0 Å². The molecule has 1 unspecified atom stereocenters.